The zero-order chi connectivity index (χ0) is 12.4. The van der Waals surface area contributed by atoms with Crippen LogP contribution in [-0.4, -0.2) is 11.0 Å². The summed E-state index contributed by atoms with van der Waals surface area (Å²) in [6.45, 7) is 4.24. The molecule has 1 aliphatic carbocycles. The summed E-state index contributed by atoms with van der Waals surface area (Å²) in [7, 11) is 0. The fraction of sp³-hybridized carbons (Fsp3) is 0.538. The van der Waals surface area contributed by atoms with Gasteiger partial charge in [-0.15, -0.1) is 0 Å². The second-order valence-electron chi connectivity index (χ2n) is 4.87. The highest BCUT2D eigenvalue weighted by Gasteiger charge is 2.28. The molecule has 0 heterocycles. The minimum Gasteiger partial charge on any atom is -0.307 e. The molecule has 0 aliphatic heterocycles. The van der Waals surface area contributed by atoms with E-state index in [0.29, 0.717) is 6.04 Å². The fourth-order valence-corrected chi connectivity index (χ4v) is 2.13. The maximum Gasteiger partial charge on any atom is 0.269 e. The molecule has 2 atom stereocenters. The third kappa shape index (κ3) is 3.03. The largest absolute Gasteiger partial charge is 0.307 e. The normalized spacial score (nSPS) is 18.7. The summed E-state index contributed by atoms with van der Waals surface area (Å²) < 4.78 is 0. The molecule has 4 heteroatoms. The first-order chi connectivity index (χ1) is 8.08. The molecule has 92 valence electrons. The Hall–Kier alpha value is -1.42. The standard InChI is InChI=1S/C13H18N2O2/c1-9(11-6-7-11)14-10(2)12-4-3-5-13(8-12)15(16)17/h3-5,8-11,14H,6-7H2,1-2H3. The first kappa shape index (κ1) is 12.0. The van der Waals surface area contributed by atoms with Gasteiger partial charge in [-0.05, 0) is 38.2 Å². The van der Waals surface area contributed by atoms with Gasteiger partial charge in [0.1, 0.15) is 0 Å². The third-order valence-corrected chi connectivity index (χ3v) is 3.42. The van der Waals surface area contributed by atoms with E-state index in [0.717, 1.165) is 11.5 Å². The predicted octanol–water partition coefficient (Wildman–Crippen LogP) is 3.04. The lowest BCUT2D eigenvalue weighted by Gasteiger charge is -2.19. The summed E-state index contributed by atoms with van der Waals surface area (Å²) in [6.07, 6.45) is 2.60. The summed E-state index contributed by atoms with van der Waals surface area (Å²) >= 11 is 0. The van der Waals surface area contributed by atoms with Crippen molar-refractivity contribution in [2.24, 2.45) is 5.92 Å². The molecule has 1 N–H and O–H groups in total. The topological polar surface area (TPSA) is 55.2 Å². The maximum atomic E-state index is 10.7. The number of rotatable bonds is 5. The lowest BCUT2D eigenvalue weighted by Crippen LogP contribution is -2.30. The molecular formula is C13H18N2O2. The first-order valence-corrected chi connectivity index (χ1v) is 6.08. The Bertz CT molecular complexity index is 416. The van der Waals surface area contributed by atoms with Gasteiger partial charge in [0, 0.05) is 24.2 Å². The van der Waals surface area contributed by atoms with Crippen LogP contribution in [-0.2, 0) is 0 Å². The highest BCUT2D eigenvalue weighted by molar-refractivity contribution is 5.35. The van der Waals surface area contributed by atoms with Crippen LogP contribution < -0.4 is 5.32 Å². The van der Waals surface area contributed by atoms with Gasteiger partial charge in [0.15, 0.2) is 0 Å². The van der Waals surface area contributed by atoms with Crippen molar-refractivity contribution in [3.63, 3.8) is 0 Å². The van der Waals surface area contributed by atoms with Crippen LogP contribution in [0.1, 0.15) is 38.3 Å². The molecule has 0 amide bonds. The minimum atomic E-state index is -0.347. The Morgan fingerprint density at radius 1 is 1.41 bits per heavy atom. The van der Waals surface area contributed by atoms with Crippen LogP contribution >= 0.6 is 0 Å². The van der Waals surface area contributed by atoms with E-state index < -0.39 is 0 Å². The summed E-state index contributed by atoms with van der Waals surface area (Å²) in [6, 6.07) is 7.50. The van der Waals surface area contributed by atoms with Crippen molar-refractivity contribution in [3.8, 4) is 0 Å². The number of hydrogen-bond donors (Lipinski definition) is 1. The molecule has 1 saturated carbocycles. The molecule has 0 spiro atoms. The minimum absolute atomic E-state index is 0.158. The monoisotopic (exact) mass is 234 g/mol. The second-order valence-corrected chi connectivity index (χ2v) is 4.87. The molecule has 0 saturated heterocycles. The average Bonchev–Trinajstić information content (AvgIpc) is 3.12. The van der Waals surface area contributed by atoms with Crippen molar-refractivity contribution in [2.75, 3.05) is 0 Å². The zero-order valence-electron chi connectivity index (χ0n) is 10.2. The predicted molar refractivity (Wildman–Crippen MR) is 66.8 cm³/mol. The van der Waals surface area contributed by atoms with Gasteiger partial charge in [0.2, 0.25) is 0 Å². The van der Waals surface area contributed by atoms with Crippen molar-refractivity contribution in [2.45, 2.75) is 38.8 Å². The van der Waals surface area contributed by atoms with E-state index in [2.05, 4.69) is 19.2 Å². The smallest absolute Gasteiger partial charge is 0.269 e. The molecule has 2 unspecified atom stereocenters. The van der Waals surface area contributed by atoms with E-state index in [1.807, 2.05) is 6.07 Å². The Balaban J connectivity index is 2.04. The number of nitrogens with zero attached hydrogens (tertiary/aromatic N) is 1. The molecular weight excluding hydrogens is 216 g/mol. The van der Waals surface area contributed by atoms with Crippen LogP contribution in [0.5, 0.6) is 0 Å². The van der Waals surface area contributed by atoms with E-state index >= 15 is 0 Å². The van der Waals surface area contributed by atoms with Crippen LogP contribution in [0.2, 0.25) is 0 Å². The quantitative estimate of drug-likeness (QED) is 0.629. The Labute approximate surface area is 101 Å². The van der Waals surface area contributed by atoms with Gasteiger partial charge in [0.05, 0.1) is 4.92 Å². The zero-order valence-corrected chi connectivity index (χ0v) is 10.2. The number of nitro groups is 1. The highest BCUT2D eigenvalue weighted by Crippen LogP contribution is 2.33. The number of nitrogens with one attached hydrogen (secondary N) is 1. The number of hydrogen-bond acceptors (Lipinski definition) is 3. The van der Waals surface area contributed by atoms with Gasteiger partial charge in [-0.2, -0.15) is 0 Å². The molecule has 2 rings (SSSR count). The Morgan fingerprint density at radius 2 is 2.12 bits per heavy atom. The van der Waals surface area contributed by atoms with E-state index in [9.17, 15) is 10.1 Å². The third-order valence-electron chi connectivity index (χ3n) is 3.42. The van der Waals surface area contributed by atoms with Crippen LogP contribution in [0, 0.1) is 16.0 Å². The van der Waals surface area contributed by atoms with Gasteiger partial charge in [-0.25, -0.2) is 0 Å². The molecule has 1 fully saturated rings. The van der Waals surface area contributed by atoms with Crippen LogP contribution in [0.25, 0.3) is 0 Å². The van der Waals surface area contributed by atoms with Crippen molar-refractivity contribution in [1.82, 2.24) is 5.32 Å². The van der Waals surface area contributed by atoms with Crippen molar-refractivity contribution in [3.05, 3.63) is 39.9 Å². The molecule has 0 radical (unpaired) electrons. The summed E-state index contributed by atoms with van der Waals surface area (Å²) in [4.78, 5) is 10.4. The second kappa shape index (κ2) is 4.84. The average molecular weight is 234 g/mol. The molecule has 1 aromatic carbocycles. The summed E-state index contributed by atoms with van der Waals surface area (Å²) in [5, 5.41) is 14.2. The lowest BCUT2D eigenvalue weighted by atomic mass is 10.1. The molecule has 4 nitrogen and oxygen atoms in total. The van der Waals surface area contributed by atoms with E-state index in [-0.39, 0.29) is 16.7 Å². The summed E-state index contributed by atoms with van der Waals surface area (Å²) in [5.41, 5.74) is 1.14. The fourth-order valence-electron chi connectivity index (χ4n) is 2.13. The van der Waals surface area contributed by atoms with Crippen molar-refractivity contribution in [1.29, 1.82) is 0 Å². The Kier molecular flexibility index (Phi) is 3.43. The van der Waals surface area contributed by atoms with Crippen LogP contribution in [0.3, 0.4) is 0 Å². The molecule has 1 aromatic rings. The number of benzene rings is 1. The lowest BCUT2D eigenvalue weighted by molar-refractivity contribution is -0.384. The van der Waals surface area contributed by atoms with E-state index in [1.165, 1.54) is 18.9 Å². The van der Waals surface area contributed by atoms with Crippen LogP contribution in [0.4, 0.5) is 5.69 Å². The number of non-ortho nitro benzene ring substituents is 1. The molecule has 0 bridgehead atoms. The maximum absolute atomic E-state index is 10.7. The first-order valence-electron chi connectivity index (χ1n) is 6.08. The molecule has 1 aliphatic rings. The van der Waals surface area contributed by atoms with Gasteiger partial charge < -0.3 is 5.32 Å². The van der Waals surface area contributed by atoms with E-state index in [1.54, 1.807) is 12.1 Å². The Morgan fingerprint density at radius 3 is 2.71 bits per heavy atom. The van der Waals surface area contributed by atoms with Crippen molar-refractivity contribution >= 4 is 5.69 Å². The number of nitro benzene ring substituents is 1. The SMILES string of the molecule is CC(NC(C)C1CC1)c1cccc([N+](=O)[O-])c1. The van der Waals surface area contributed by atoms with Gasteiger partial charge in [-0.3, -0.25) is 10.1 Å². The highest BCUT2D eigenvalue weighted by atomic mass is 16.6. The van der Waals surface area contributed by atoms with Crippen molar-refractivity contribution < 1.29 is 4.92 Å². The molecule has 17 heavy (non-hydrogen) atoms. The van der Waals surface area contributed by atoms with Gasteiger partial charge in [0.25, 0.3) is 5.69 Å². The van der Waals surface area contributed by atoms with Gasteiger partial charge in [-0.1, -0.05) is 12.1 Å². The van der Waals surface area contributed by atoms with Crippen LogP contribution in [0.15, 0.2) is 24.3 Å². The molecule has 0 aromatic heterocycles. The van der Waals surface area contributed by atoms with E-state index in [4.69, 9.17) is 0 Å². The summed E-state index contributed by atoms with van der Waals surface area (Å²) in [5.74, 6) is 0.788. The van der Waals surface area contributed by atoms with Gasteiger partial charge >= 0.3 is 0 Å².